The molecule has 1 aliphatic rings. The van der Waals surface area contributed by atoms with E-state index >= 15 is 0 Å². The second-order valence-electron chi connectivity index (χ2n) is 8.30. The number of alkyl halides is 2. The lowest BCUT2D eigenvalue weighted by atomic mass is 10.1. The minimum absolute atomic E-state index is 0.0218. The van der Waals surface area contributed by atoms with Crippen molar-refractivity contribution >= 4 is 49.7 Å². The van der Waals surface area contributed by atoms with Crippen LogP contribution < -0.4 is 15.3 Å². The number of rotatable bonds is 4. The summed E-state index contributed by atoms with van der Waals surface area (Å²) in [6.45, 7) is 5.27. The van der Waals surface area contributed by atoms with Gasteiger partial charge >= 0.3 is 0 Å². The molecular weight excluding hydrogens is 521 g/mol. The number of hydrogen-bond acceptors (Lipinski definition) is 5. The first-order valence-electron chi connectivity index (χ1n) is 9.68. The van der Waals surface area contributed by atoms with E-state index in [1.165, 1.54) is 18.3 Å². The molecule has 0 saturated heterocycles. The van der Waals surface area contributed by atoms with Gasteiger partial charge in [-0.1, -0.05) is 27.5 Å². The lowest BCUT2D eigenvalue weighted by Crippen LogP contribution is -2.40. The Balaban J connectivity index is 1.92. The molecule has 2 unspecified atom stereocenters. The van der Waals surface area contributed by atoms with Crippen LogP contribution in [-0.2, 0) is 10.0 Å². The highest BCUT2D eigenvalue weighted by Crippen LogP contribution is 2.27. The lowest BCUT2D eigenvalue weighted by molar-refractivity contribution is 0.436. The minimum atomic E-state index is -3.75. The fourth-order valence-electron chi connectivity index (χ4n) is 3.38. The van der Waals surface area contributed by atoms with Crippen molar-refractivity contribution < 1.29 is 12.8 Å². The van der Waals surface area contributed by atoms with Gasteiger partial charge < -0.3 is 0 Å². The number of sulfonamides is 1. The molecule has 0 bridgehead atoms. The van der Waals surface area contributed by atoms with E-state index in [0.717, 1.165) is 0 Å². The second kappa shape index (κ2) is 8.33. The van der Waals surface area contributed by atoms with Gasteiger partial charge in [0.05, 0.1) is 26.6 Å². The van der Waals surface area contributed by atoms with Crippen LogP contribution in [0.3, 0.4) is 0 Å². The molecule has 0 spiro atoms. The standard InChI is InChI=1S/C21H20BrClFN5O2S/c1-21(2,3)28-32(30,31)12-5-6-16(27-11-12)19-18(23)13-9-15(24)14(22)10-17(13)29(19)20-25-7-4-8-26-20/h4-11,14-15,28H,1-3H3. The van der Waals surface area contributed by atoms with Gasteiger partial charge in [-0.05, 0) is 51.1 Å². The Bertz CT molecular complexity index is 1390. The molecule has 0 amide bonds. The predicted molar refractivity (Wildman–Crippen MR) is 125 cm³/mol. The fourth-order valence-corrected chi connectivity index (χ4v) is 5.49. The molecule has 1 N–H and O–H groups in total. The minimum Gasteiger partial charge on any atom is -0.275 e. The number of fused-ring (bicyclic) bond motifs is 1. The summed E-state index contributed by atoms with van der Waals surface area (Å²) in [5, 5.41) is 1.41. The highest BCUT2D eigenvalue weighted by Gasteiger charge is 2.26. The van der Waals surface area contributed by atoms with E-state index in [1.54, 1.807) is 55.9 Å². The number of halogens is 3. The van der Waals surface area contributed by atoms with Crippen molar-refractivity contribution in [1.29, 1.82) is 0 Å². The first-order valence-corrected chi connectivity index (χ1v) is 12.5. The van der Waals surface area contributed by atoms with E-state index in [1.807, 2.05) is 0 Å². The Kier molecular flexibility index (Phi) is 6.00. The van der Waals surface area contributed by atoms with Gasteiger partial charge in [-0.15, -0.1) is 0 Å². The fraction of sp³-hybridized carbons (Fsp3) is 0.286. The summed E-state index contributed by atoms with van der Waals surface area (Å²) in [7, 11) is -3.75. The van der Waals surface area contributed by atoms with E-state index in [0.29, 0.717) is 27.9 Å². The molecule has 3 aromatic rings. The Morgan fingerprint density at radius 1 is 1.16 bits per heavy atom. The van der Waals surface area contributed by atoms with Crippen LogP contribution in [0.4, 0.5) is 4.39 Å². The molecule has 168 valence electrons. The SMILES string of the molecule is CC(C)(C)NS(=O)(=O)c1ccc(-c2c(Cl)c3c(n2-c2ncccn2)=CC(Br)C(F)C=3)nc1. The van der Waals surface area contributed by atoms with Crippen molar-refractivity contribution in [2.24, 2.45) is 0 Å². The number of nitrogens with zero attached hydrogens (tertiary/aromatic N) is 4. The monoisotopic (exact) mass is 539 g/mol. The lowest BCUT2D eigenvalue weighted by Gasteiger charge is -2.20. The van der Waals surface area contributed by atoms with E-state index in [-0.39, 0.29) is 9.92 Å². The van der Waals surface area contributed by atoms with E-state index in [2.05, 4.69) is 35.6 Å². The first kappa shape index (κ1) is 23.0. The molecular formula is C21H20BrClFN5O2S. The molecule has 3 aromatic heterocycles. The Morgan fingerprint density at radius 3 is 2.44 bits per heavy atom. The number of nitrogens with one attached hydrogen (secondary N) is 1. The van der Waals surface area contributed by atoms with Crippen LogP contribution in [0.5, 0.6) is 0 Å². The van der Waals surface area contributed by atoms with Gasteiger partial charge in [-0.25, -0.2) is 27.5 Å². The highest BCUT2D eigenvalue weighted by molar-refractivity contribution is 9.09. The summed E-state index contributed by atoms with van der Waals surface area (Å²) in [5.41, 5.74) is 0.201. The Morgan fingerprint density at radius 2 is 1.84 bits per heavy atom. The maximum Gasteiger partial charge on any atom is 0.242 e. The van der Waals surface area contributed by atoms with Crippen LogP contribution in [0.1, 0.15) is 20.8 Å². The number of aromatic nitrogens is 4. The summed E-state index contributed by atoms with van der Waals surface area (Å²) in [6.07, 6.45) is 6.32. The summed E-state index contributed by atoms with van der Waals surface area (Å²) in [4.78, 5) is 12.5. The zero-order valence-electron chi connectivity index (χ0n) is 17.4. The molecule has 4 rings (SSSR count). The number of pyridine rings is 1. The summed E-state index contributed by atoms with van der Waals surface area (Å²) < 4.78 is 43.9. The van der Waals surface area contributed by atoms with Crippen molar-refractivity contribution in [3.05, 3.63) is 52.4 Å². The largest absolute Gasteiger partial charge is 0.275 e. The van der Waals surface area contributed by atoms with Crippen molar-refractivity contribution in [2.75, 3.05) is 0 Å². The van der Waals surface area contributed by atoms with Crippen LogP contribution in [0, 0.1) is 0 Å². The van der Waals surface area contributed by atoms with Crippen LogP contribution >= 0.6 is 27.5 Å². The maximum atomic E-state index is 14.4. The smallest absolute Gasteiger partial charge is 0.242 e. The molecule has 11 heteroatoms. The molecule has 1 aliphatic carbocycles. The van der Waals surface area contributed by atoms with Gasteiger partial charge in [0.1, 0.15) is 11.1 Å². The molecule has 0 radical (unpaired) electrons. The average molecular weight is 541 g/mol. The zero-order chi connectivity index (χ0) is 23.3. The van der Waals surface area contributed by atoms with Crippen molar-refractivity contribution in [3.63, 3.8) is 0 Å². The van der Waals surface area contributed by atoms with Crippen molar-refractivity contribution in [2.45, 2.75) is 42.2 Å². The van der Waals surface area contributed by atoms with Crippen molar-refractivity contribution in [1.82, 2.24) is 24.2 Å². The molecule has 32 heavy (non-hydrogen) atoms. The molecule has 2 atom stereocenters. The Hall–Kier alpha value is -2.14. The molecule has 0 aliphatic heterocycles. The van der Waals surface area contributed by atoms with Gasteiger partial charge in [0, 0.05) is 29.3 Å². The highest BCUT2D eigenvalue weighted by atomic mass is 79.9. The third-order valence-electron chi connectivity index (χ3n) is 4.61. The second-order valence-corrected chi connectivity index (χ2v) is 11.4. The molecule has 0 fully saturated rings. The molecule has 0 saturated carbocycles. The molecule has 7 nitrogen and oxygen atoms in total. The maximum absolute atomic E-state index is 14.4. The summed E-state index contributed by atoms with van der Waals surface area (Å²) in [6, 6.07) is 4.69. The van der Waals surface area contributed by atoms with Gasteiger partial charge in [0.25, 0.3) is 0 Å². The van der Waals surface area contributed by atoms with E-state index in [4.69, 9.17) is 11.6 Å². The van der Waals surface area contributed by atoms with Crippen LogP contribution in [0.25, 0.3) is 29.5 Å². The quantitative estimate of drug-likeness (QED) is 0.514. The summed E-state index contributed by atoms with van der Waals surface area (Å²) >= 11 is 10.0. The third-order valence-corrected chi connectivity index (χ3v) is 7.51. The third kappa shape index (κ3) is 4.36. The first-order chi connectivity index (χ1) is 15.0. The van der Waals surface area contributed by atoms with Crippen LogP contribution in [0.15, 0.2) is 41.7 Å². The van der Waals surface area contributed by atoms with E-state index < -0.39 is 26.6 Å². The van der Waals surface area contributed by atoms with Gasteiger partial charge in [-0.2, -0.15) is 0 Å². The van der Waals surface area contributed by atoms with E-state index in [9.17, 15) is 12.8 Å². The summed E-state index contributed by atoms with van der Waals surface area (Å²) in [5.74, 6) is 0.334. The molecule has 0 aromatic carbocycles. The van der Waals surface area contributed by atoms with Gasteiger partial charge in [0.15, 0.2) is 0 Å². The average Bonchev–Trinajstić information content (AvgIpc) is 2.99. The normalized spacial score (nSPS) is 18.6. The zero-order valence-corrected chi connectivity index (χ0v) is 20.6. The number of hydrogen-bond donors (Lipinski definition) is 1. The molecule has 3 heterocycles. The van der Waals surface area contributed by atoms with Gasteiger partial charge in [-0.3, -0.25) is 9.55 Å². The predicted octanol–water partition coefficient (Wildman–Crippen LogP) is 2.74. The van der Waals surface area contributed by atoms with Crippen molar-refractivity contribution in [3.8, 4) is 17.3 Å². The van der Waals surface area contributed by atoms with Crippen LogP contribution in [-0.4, -0.2) is 44.5 Å². The van der Waals surface area contributed by atoms with Crippen LogP contribution in [0.2, 0.25) is 5.02 Å². The topological polar surface area (TPSA) is 89.8 Å². The Labute approximate surface area is 198 Å². The van der Waals surface area contributed by atoms with Gasteiger partial charge in [0.2, 0.25) is 16.0 Å².